The van der Waals surface area contributed by atoms with E-state index in [0.717, 1.165) is 25.5 Å². The van der Waals surface area contributed by atoms with Gasteiger partial charge in [-0.15, -0.1) is 11.6 Å². The minimum absolute atomic E-state index is 0.000944. The predicted octanol–water partition coefficient (Wildman–Crippen LogP) is 2.11. The number of carbonyl (C=O) groups is 1. The van der Waals surface area contributed by atoms with Gasteiger partial charge < -0.3 is 5.32 Å². The van der Waals surface area contributed by atoms with E-state index in [1.54, 1.807) is 0 Å². The van der Waals surface area contributed by atoms with E-state index < -0.39 is 5.82 Å². The van der Waals surface area contributed by atoms with E-state index in [2.05, 4.69) is 10.3 Å². The summed E-state index contributed by atoms with van der Waals surface area (Å²) >= 11 is 6.04. The van der Waals surface area contributed by atoms with Crippen molar-refractivity contribution in [3.8, 4) is 0 Å². The summed E-state index contributed by atoms with van der Waals surface area (Å²) in [5.74, 6) is -0.745. The number of nitrogens with zero attached hydrogens (tertiary/aromatic N) is 1. The summed E-state index contributed by atoms with van der Waals surface area (Å²) in [6.45, 7) is 0. The first kappa shape index (κ1) is 11.3. The molecule has 0 radical (unpaired) electrons. The Bertz CT molecular complexity index is 382. The molecule has 1 fully saturated rings. The van der Waals surface area contributed by atoms with Crippen molar-refractivity contribution < 1.29 is 9.18 Å². The van der Waals surface area contributed by atoms with E-state index in [-0.39, 0.29) is 23.0 Å². The molecule has 0 spiro atoms. The Morgan fingerprint density at radius 1 is 1.50 bits per heavy atom. The number of carbonyl (C=O) groups excluding carboxylic acids is 1. The van der Waals surface area contributed by atoms with Crippen molar-refractivity contribution in [3.05, 3.63) is 29.8 Å². The van der Waals surface area contributed by atoms with Crippen molar-refractivity contribution >= 4 is 17.5 Å². The fraction of sp³-hybridized carbons (Fsp3) is 0.455. The number of aromatic nitrogens is 1. The molecule has 1 aliphatic carbocycles. The van der Waals surface area contributed by atoms with Crippen LogP contribution in [0, 0.1) is 5.82 Å². The van der Waals surface area contributed by atoms with Crippen molar-refractivity contribution in [2.75, 3.05) is 0 Å². The highest BCUT2D eigenvalue weighted by Gasteiger charge is 2.27. The average molecular weight is 243 g/mol. The lowest BCUT2D eigenvalue weighted by molar-refractivity contribution is 0.0933. The van der Waals surface area contributed by atoms with Gasteiger partial charge in [-0.3, -0.25) is 4.79 Å². The van der Waals surface area contributed by atoms with E-state index >= 15 is 0 Å². The number of hydrogen-bond donors (Lipinski definition) is 1. The molecule has 0 bridgehead atoms. The predicted molar refractivity (Wildman–Crippen MR) is 58.9 cm³/mol. The van der Waals surface area contributed by atoms with E-state index in [9.17, 15) is 9.18 Å². The molecule has 16 heavy (non-hydrogen) atoms. The Morgan fingerprint density at radius 3 is 2.88 bits per heavy atom. The lowest BCUT2D eigenvalue weighted by Crippen LogP contribution is -2.38. The molecule has 1 aliphatic rings. The van der Waals surface area contributed by atoms with Crippen LogP contribution in [-0.2, 0) is 0 Å². The molecule has 1 aromatic rings. The van der Waals surface area contributed by atoms with Crippen molar-refractivity contribution in [3.63, 3.8) is 0 Å². The van der Waals surface area contributed by atoms with Crippen LogP contribution in [0.15, 0.2) is 18.3 Å². The van der Waals surface area contributed by atoms with E-state index in [1.165, 1.54) is 12.1 Å². The molecule has 2 atom stereocenters. The minimum Gasteiger partial charge on any atom is -0.346 e. The first-order valence-electron chi connectivity index (χ1n) is 5.23. The van der Waals surface area contributed by atoms with Gasteiger partial charge in [-0.25, -0.2) is 9.37 Å². The Kier molecular flexibility index (Phi) is 3.39. The van der Waals surface area contributed by atoms with Gasteiger partial charge in [0.2, 0.25) is 0 Å². The van der Waals surface area contributed by atoms with Gasteiger partial charge in [-0.05, 0) is 31.4 Å². The molecule has 86 valence electrons. The van der Waals surface area contributed by atoms with Gasteiger partial charge in [0.05, 0.1) is 11.6 Å². The summed E-state index contributed by atoms with van der Waals surface area (Å²) in [6.07, 6.45) is 3.86. The molecule has 0 aromatic carbocycles. The van der Waals surface area contributed by atoms with Gasteiger partial charge >= 0.3 is 0 Å². The van der Waals surface area contributed by atoms with E-state index in [1.807, 2.05) is 0 Å². The SMILES string of the molecule is O=C(NC1CCCC1Cl)c1ccc(F)cn1. The molecule has 5 heteroatoms. The standard InChI is InChI=1S/C11H12ClFN2O/c12-8-2-1-3-9(8)15-11(16)10-5-4-7(13)6-14-10/h4-6,8-9H,1-3H2,(H,15,16). The molecule has 2 rings (SSSR count). The fourth-order valence-electron chi connectivity index (χ4n) is 1.83. The summed E-state index contributed by atoms with van der Waals surface area (Å²) in [6, 6.07) is 2.58. The second kappa shape index (κ2) is 4.78. The third-order valence-electron chi connectivity index (χ3n) is 2.71. The van der Waals surface area contributed by atoms with Crippen molar-refractivity contribution in [1.29, 1.82) is 0 Å². The van der Waals surface area contributed by atoms with Crippen molar-refractivity contribution in [1.82, 2.24) is 10.3 Å². The minimum atomic E-state index is -0.451. The van der Waals surface area contributed by atoms with Gasteiger partial charge in [-0.1, -0.05) is 0 Å². The number of rotatable bonds is 2. The maximum Gasteiger partial charge on any atom is 0.270 e. The van der Waals surface area contributed by atoms with E-state index in [4.69, 9.17) is 11.6 Å². The first-order chi connectivity index (χ1) is 7.66. The molecule has 1 saturated carbocycles. The number of nitrogens with one attached hydrogen (secondary N) is 1. The zero-order valence-corrected chi connectivity index (χ0v) is 9.38. The lowest BCUT2D eigenvalue weighted by atomic mass is 10.2. The fourth-order valence-corrected chi connectivity index (χ4v) is 2.17. The monoisotopic (exact) mass is 242 g/mol. The summed E-state index contributed by atoms with van der Waals surface area (Å²) < 4.78 is 12.6. The molecule has 2 unspecified atom stereocenters. The van der Waals surface area contributed by atoms with Gasteiger partial charge in [0.1, 0.15) is 11.5 Å². The Morgan fingerprint density at radius 2 is 2.31 bits per heavy atom. The quantitative estimate of drug-likeness (QED) is 0.807. The molecule has 3 nitrogen and oxygen atoms in total. The highest BCUT2D eigenvalue weighted by Crippen LogP contribution is 2.24. The topological polar surface area (TPSA) is 42.0 Å². The molecule has 1 aromatic heterocycles. The Hall–Kier alpha value is -1.16. The number of alkyl halides is 1. The molecule has 1 heterocycles. The van der Waals surface area contributed by atoms with Gasteiger partial charge in [-0.2, -0.15) is 0 Å². The molecule has 1 N–H and O–H groups in total. The van der Waals surface area contributed by atoms with Crippen LogP contribution in [0.3, 0.4) is 0 Å². The molecule has 0 aliphatic heterocycles. The highest BCUT2D eigenvalue weighted by atomic mass is 35.5. The largest absolute Gasteiger partial charge is 0.346 e. The van der Waals surface area contributed by atoms with Crippen LogP contribution in [0.4, 0.5) is 4.39 Å². The lowest BCUT2D eigenvalue weighted by Gasteiger charge is -2.15. The Balaban J connectivity index is 2.00. The summed E-state index contributed by atoms with van der Waals surface area (Å²) in [5.41, 5.74) is 0.220. The smallest absolute Gasteiger partial charge is 0.270 e. The number of halogens is 2. The second-order valence-corrected chi connectivity index (χ2v) is 4.45. The maximum atomic E-state index is 12.6. The zero-order valence-electron chi connectivity index (χ0n) is 8.62. The van der Waals surface area contributed by atoms with Gasteiger partial charge in [0.15, 0.2) is 0 Å². The highest BCUT2D eigenvalue weighted by molar-refractivity contribution is 6.21. The number of amides is 1. The second-order valence-electron chi connectivity index (χ2n) is 3.89. The summed E-state index contributed by atoms with van der Waals surface area (Å²) in [7, 11) is 0. The zero-order chi connectivity index (χ0) is 11.5. The third kappa shape index (κ3) is 2.50. The molecular formula is C11H12ClFN2O. The Labute approximate surface area is 98.0 Å². The number of hydrogen-bond acceptors (Lipinski definition) is 2. The normalized spacial score (nSPS) is 24.4. The van der Waals surface area contributed by atoms with Crippen LogP contribution in [0.2, 0.25) is 0 Å². The molecular weight excluding hydrogens is 231 g/mol. The van der Waals surface area contributed by atoms with Crippen LogP contribution in [0.25, 0.3) is 0 Å². The van der Waals surface area contributed by atoms with Crippen LogP contribution < -0.4 is 5.32 Å². The number of pyridine rings is 1. The van der Waals surface area contributed by atoms with Crippen molar-refractivity contribution in [2.45, 2.75) is 30.7 Å². The third-order valence-corrected chi connectivity index (χ3v) is 3.23. The maximum absolute atomic E-state index is 12.6. The average Bonchev–Trinajstić information content (AvgIpc) is 2.65. The van der Waals surface area contributed by atoms with Crippen LogP contribution in [0.1, 0.15) is 29.8 Å². The summed E-state index contributed by atoms with van der Waals surface area (Å²) in [5, 5.41) is 2.80. The van der Waals surface area contributed by atoms with Crippen molar-refractivity contribution in [2.24, 2.45) is 0 Å². The molecule has 1 amide bonds. The first-order valence-corrected chi connectivity index (χ1v) is 5.67. The molecule has 0 saturated heterocycles. The van der Waals surface area contributed by atoms with Crippen LogP contribution >= 0.6 is 11.6 Å². The van der Waals surface area contributed by atoms with Gasteiger partial charge in [0, 0.05) is 6.04 Å². The van der Waals surface area contributed by atoms with Gasteiger partial charge in [0.25, 0.3) is 5.91 Å². The van der Waals surface area contributed by atoms with E-state index in [0.29, 0.717) is 0 Å². The summed E-state index contributed by atoms with van der Waals surface area (Å²) in [4.78, 5) is 15.4. The van der Waals surface area contributed by atoms with Crippen LogP contribution in [-0.4, -0.2) is 22.3 Å². The van der Waals surface area contributed by atoms with Crippen LogP contribution in [0.5, 0.6) is 0 Å².